The Hall–Kier alpha value is -0.520. The Balaban J connectivity index is 3.44. The Kier molecular flexibility index (Phi) is 12.2. The van der Waals surface area contributed by atoms with E-state index in [1.165, 1.54) is 51.4 Å². The molecule has 112 valence electrons. The first-order valence-electron chi connectivity index (χ1n) is 8.33. The van der Waals surface area contributed by atoms with Gasteiger partial charge in [0.15, 0.2) is 0 Å². The van der Waals surface area contributed by atoms with Crippen LogP contribution < -0.4 is 0 Å². The van der Waals surface area contributed by atoms with Crippen molar-refractivity contribution in [3.05, 3.63) is 24.8 Å². The summed E-state index contributed by atoms with van der Waals surface area (Å²) >= 11 is 0. The summed E-state index contributed by atoms with van der Waals surface area (Å²) in [7, 11) is 0. The normalized spacial score (nSPS) is 15.0. The lowest BCUT2D eigenvalue weighted by atomic mass is 9.92. The van der Waals surface area contributed by atoms with Crippen molar-refractivity contribution in [1.82, 2.24) is 0 Å². The van der Waals surface area contributed by atoms with Crippen molar-refractivity contribution in [1.29, 1.82) is 0 Å². The Morgan fingerprint density at radius 2 is 1.58 bits per heavy atom. The zero-order valence-electron chi connectivity index (χ0n) is 13.8. The van der Waals surface area contributed by atoms with Gasteiger partial charge in [0.25, 0.3) is 0 Å². The predicted molar refractivity (Wildman–Crippen MR) is 89.4 cm³/mol. The van der Waals surface area contributed by atoms with E-state index in [1.807, 2.05) is 6.08 Å². The van der Waals surface area contributed by atoms with Gasteiger partial charge in [0.05, 0.1) is 0 Å². The summed E-state index contributed by atoms with van der Waals surface area (Å²) in [6.07, 6.45) is 17.3. The molecule has 0 aliphatic rings. The van der Waals surface area contributed by atoms with Crippen molar-refractivity contribution in [3.8, 4) is 0 Å². The molecular weight excluding hydrogens is 228 g/mol. The molecule has 0 aromatic heterocycles. The molecule has 0 aromatic rings. The van der Waals surface area contributed by atoms with Crippen molar-refractivity contribution in [2.24, 2.45) is 17.8 Å². The average molecular weight is 264 g/mol. The third-order valence-corrected chi connectivity index (χ3v) is 4.23. The van der Waals surface area contributed by atoms with Gasteiger partial charge in [0.2, 0.25) is 0 Å². The molecule has 0 saturated heterocycles. The molecule has 0 bridgehead atoms. The molecule has 0 heteroatoms. The molecule has 19 heavy (non-hydrogen) atoms. The number of unbranched alkanes of at least 4 members (excludes halogenated alkanes) is 3. The molecule has 2 unspecified atom stereocenters. The lowest BCUT2D eigenvalue weighted by molar-refractivity contribution is 0.383. The second-order valence-electron chi connectivity index (χ2n) is 6.54. The molecule has 0 rings (SSSR count). The van der Waals surface area contributed by atoms with E-state index in [2.05, 4.69) is 46.4 Å². The Labute approximate surface area is 122 Å². The second kappa shape index (κ2) is 12.5. The maximum Gasteiger partial charge on any atom is -0.0325 e. The van der Waals surface area contributed by atoms with E-state index in [0.29, 0.717) is 0 Å². The Morgan fingerprint density at radius 3 is 2.21 bits per heavy atom. The van der Waals surface area contributed by atoms with Crippen LogP contribution in [0.5, 0.6) is 0 Å². The number of hydrogen-bond acceptors (Lipinski definition) is 0. The van der Waals surface area contributed by atoms with Gasteiger partial charge in [-0.15, -0.1) is 6.58 Å². The van der Waals surface area contributed by atoms with Crippen LogP contribution in [0, 0.1) is 17.8 Å². The van der Waals surface area contributed by atoms with Gasteiger partial charge in [-0.05, 0) is 49.9 Å². The molecule has 0 fully saturated rings. The molecular formula is C19H36. The van der Waals surface area contributed by atoms with E-state index >= 15 is 0 Å². The molecule has 2 atom stereocenters. The van der Waals surface area contributed by atoms with Crippen molar-refractivity contribution < 1.29 is 0 Å². The van der Waals surface area contributed by atoms with Gasteiger partial charge in [0, 0.05) is 0 Å². The van der Waals surface area contributed by atoms with E-state index in [0.717, 1.165) is 17.8 Å². The van der Waals surface area contributed by atoms with Crippen LogP contribution in [-0.2, 0) is 0 Å². The van der Waals surface area contributed by atoms with Gasteiger partial charge < -0.3 is 0 Å². The first-order valence-corrected chi connectivity index (χ1v) is 8.33. The summed E-state index contributed by atoms with van der Waals surface area (Å²) in [5.74, 6) is 2.55. The van der Waals surface area contributed by atoms with Gasteiger partial charge in [-0.3, -0.25) is 0 Å². The lowest BCUT2D eigenvalue weighted by Crippen LogP contribution is -2.02. The van der Waals surface area contributed by atoms with Gasteiger partial charge in [-0.2, -0.15) is 0 Å². The van der Waals surface area contributed by atoms with Crippen LogP contribution in [0.15, 0.2) is 24.8 Å². The third-order valence-electron chi connectivity index (χ3n) is 4.23. The number of hydrogen-bond donors (Lipinski definition) is 0. The number of allylic oxidation sites excluding steroid dienone is 3. The largest absolute Gasteiger partial charge is 0.103 e. The molecule has 0 heterocycles. The van der Waals surface area contributed by atoms with Crippen LogP contribution in [0.2, 0.25) is 0 Å². The van der Waals surface area contributed by atoms with Crippen LogP contribution in [0.4, 0.5) is 0 Å². The summed E-state index contributed by atoms with van der Waals surface area (Å²) in [6.45, 7) is 13.2. The summed E-state index contributed by atoms with van der Waals surface area (Å²) in [5, 5.41) is 0. The van der Waals surface area contributed by atoms with Crippen LogP contribution in [0.25, 0.3) is 0 Å². The van der Waals surface area contributed by atoms with E-state index in [-0.39, 0.29) is 0 Å². The van der Waals surface area contributed by atoms with Crippen molar-refractivity contribution in [3.63, 3.8) is 0 Å². The van der Waals surface area contributed by atoms with E-state index < -0.39 is 0 Å². The van der Waals surface area contributed by atoms with Crippen molar-refractivity contribution >= 4 is 0 Å². The first-order chi connectivity index (χ1) is 9.07. The summed E-state index contributed by atoms with van der Waals surface area (Å²) in [5.41, 5.74) is 0. The fourth-order valence-corrected chi connectivity index (χ4v) is 2.24. The first kappa shape index (κ1) is 18.5. The quantitative estimate of drug-likeness (QED) is 0.269. The lowest BCUT2D eigenvalue weighted by Gasteiger charge is -2.14. The molecule has 0 radical (unpaired) electrons. The fourth-order valence-electron chi connectivity index (χ4n) is 2.24. The Bertz CT molecular complexity index is 224. The van der Waals surface area contributed by atoms with E-state index in [4.69, 9.17) is 0 Å². The summed E-state index contributed by atoms with van der Waals surface area (Å²) < 4.78 is 0. The average Bonchev–Trinajstić information content (AvgIpc) is 2.38. The maximum absolute atomic E-state index is 3.77. The molecule has 0 spiro atoms. The van der Waals surface area contributed by atoms with Crippen molar-refractivity contribution in [2.75, 3.05) is 0 Å². The zero-order chi connectivity index (χ0) is 14.5. The second-order valence-corrected chi connectivity index (χ2v) is 6.54. The highest BCUT2D eigenvalue weighted by molar-refractivity contribution is 4.83. The molecule has 0 amide bonds. The smallest absolute Gasteiger partial charge is 0.0325 e. The van der Waals surface area contributed by atoms with E-state index in [1.54, 1.807) is 0 Å². The zero-order valence-corrected chi connectivity index (χ0v) is 13.8. The molecule has 0 aliphatic carbocycles. The highest BCUT2D eigenvalue weighted by Crippen LogP contribution is 2.18. The molecule has 0 aliphatic heterocycles. The van der Waals surface area contributed by atoms with Gasteiger partial charge in [-0.1, -0.05) is 65.2 Å². The van der Waals surface area contributed by atoms with Gasteiger partial charge in [-0.25, -0.2) is 0 Å². The van der Waals surface area contributed by atoms with Gasteiger partial charge in [0.1, 0.15) is 0 Å². The molecule has 0 aromatic carbocycles. The SMILES string of the molecule is C=CCCCCC(C)CC=CCCCC(C)C(C)C. The summed E-state index contributed by atoms with van der Waals surface area (Å²) in [4.78, 5) is 0. The third kappa shape index (κ3) is 12.3. The summed E-state index contributed by atoms with van der Waals surface area (Å²) in [6, 6.07) is 0. The molecule has 0 N–H and O–H groups in total. The highest BCUT2D eigenvalue weighted by Gasteiger charge is 2.05. The maximum atomic E-state index is 3.77. The predicted octanol–water partition coefficient (Wildman–Crippen LogP) is 6.78. The molecule has 0 saturated carbocycles. The minimum atomic E-state index is 0.833. The van der Waals surface area contributed by atoms with Crippen LogP contribution in [-0.4, -0.2) is 0 Å². The molecule has 0 nitrogen and oxygen atoms in total. The standard InChI is InChI=1S/C19H36/c1-6-7-8-11-14-18(4)15-12-9-10-13-16-19(5)17(2)3/h6,9,12,17-19H,1,7-8,10-11,13-16H2,2-5H3. The Morgan fingerprint density at radius 1 is 0.842 bits per heavy atom. The monoisotopic (exact) mass is 264 g/mol. The van der Waals surface area contributed by atoms with E-state index in [9.17, 15) is 0 Å². The van der Waals surface area contributed by atoms with Gasteiger partial charge >= 0.3 is 0 Å². The van der Waals surface area contributed by atoms with Crippen LogP contribution >= 0.6 is 0 Å². The topological polar surface area (TPSA) is 0 Å². The van der Waals surface area contributed by atoms with Crippen LogP contribution in [0.3, 0.4) is 0 Å². The number of rotatable bonds is 12. The minimum Gasteiger partial charge on any atom is -0.103 e. The minimum absolute atomic E-state index is 0.833. The highest BCUT2D eigenvalue weighted by atomic mass is 14.1. The fraction of sp³-hybridized carbons (Fsp3) is 0.789. The van der Waals surface area contributed by atoms with Crippen LogP contribution in [0.1, 0.15) is 79.1 Å². The van der Waals surface area contributed by atoms with Crippen molar-refractivity contribution in [2.45, 2.75) is 79.1 Å².